The summed E-state index contributed by atoms with van der Waals surface area (Å²) in [5.74, 6) is 0.441. The number of likely N-dealkylation sites (tertiary alicyclic amines) is 1. The fourth-order valence-corrected chi connectivity index (χ4v) is 4.80. The van der Waals surface area contributed by atoms with Gasteiger partial charge in [0, 0.05) is 25.1 Å². The van der Waals surface area contributed by atoms with E-state index in [2.05, 4.69) is 10.8 Å². The first kappa shape index (κ1) is 21.2. The molecule has 1 amide bonds. The Balaban J connectivity index is 1.36. The Bertz CT molecular complexity index is 1060. The number of aromatic nitrogens is 1. The van der Waals surface area contributed by atoms with Crippen molar-refractivity contribution in [2.24, 2.45) is 0 Å². The molecule has 162 valence electrons. The van der Waals surface area contributed by atoms with E-state index in [1.54, 1.807) is 29.5 Å². The smallest absolute Gasteiger partial charge is 0.387 e. The number of methoxy groups -OCH3 is 1. The third-order valence-electron chi connectivity index (χ3n) is 5.29. The molecule has 4 rings (SSSR count). The first-order chi connectivity index (χ1) is 15.0. The van der Waals surface area contributed by atoms with Gasteiger partial charge in [0.15, 0.2) is 11.5 Å². The van der Waals surface area contributed by atoms with E-state index in [0.717, 1.165) is 23.4 Å². The molecule has 31 heavy (non-hydrogen) atoms. The SMILES string of the molecule is COc1cc(/C=C/C(=O)N2CCC(c3nc4ccccc4s3)CC2)ccc1OC(F)F. The Morgan fingerprint density at radius 3 is 2.68 bits per heavy atom. The monoisotopic (exact) mass is 444 g/mol. The number of carbonyl (C=O) groups excluding carboxylic acids is 1. The van der Waals surface area contributed by atoms with E-state index in [1.165, 1.54) is 24.0 Å². The van der Waals surface area contributed by atoms with Crippen LogP contribution >= 0.6 is 11.3 Å². The average molecular weight is 445 g/mol. The minimum Gasteiger partial charge on any atom is -0.493 e. The molecule has 1 fully saturated rings. The quantitative estimate of drug-likeness (QED) is 0.483. The first-order valence-corrected chi connectivity index (χ1v) is 10.8. The molecule has 8 heteroatoms. The van der Waals surface area contributed by atoms with Gasteiger partial charge in [-0.05, 0) is 48.7 Å². The Hall–Kier alpha value is -3.00. The van der Waals surface area contributed by atoms with E-state index >= 15 is 0 Å². The molecule has 1 aromatic heterocycles. The third kappa shape index (κ3) is 5.02. The van der Waals surface area contributed by atoms with Gasteiger partial charge in [-0.1, -0.05) is 18.2 Å². The lowest BCUT2D eigenvalue weighted by Crippen LogP contribution is -2.36. The topological polar surface area (TPSA) is 51.7 Å². The summed E-state index contributed by atoms with van der Waals surface area (Å²) in [4.78, 5) is 19.2. The van der Waals surface area contributed by atoms with Gasteiger partial charge < -0.3 is 14.4 Å². The van der Waals surface area contributed by atoms with Gasteiger partial charge in [-0.2, -0.15) is 8.78 Å². The van der Waals surface area contributed by atoms with E-state index < -0.39 is 6.61 Å². The molecule has 0 N–H and O–H groups in total. The molecule has 0 bridgehead atoms. The number of amides is 1. The van der Waals surface area contributed by atoms with E-state index in [9.17, 15) is 13.6 Å². The molecule has 0 saturated carbocycles. The number of piperidine rings is 1. The van der Waals surface area contributed by atoms with Gasteiger partial charge in [0.05, 0.1) is 22.3 Å². The summed E-state index contributed by atoms with van der Waals surface area (Å²) in [6.07, 6.45) is 4.91. The normalized spacial score (nSPS) is 15.2. The van der Waals surface area contributed by atoms with Crippen molar-refractivity contribution in [3.8, 4) is 11.5 Å². The molecule has 2 aromatic carbocycles. The fraction of sp³-hybridized carbons (Fsp3) is 0.304. The molecule has 0 unspecified atom stereocenters. The van der Waals surface area contributed by atoms with Gasteiger partial charge >= 0.3 is 6.61 Å². The van der Waals surface area contributed by atoms with Crippen molar-refractivity contribution < 1.29 is 23.0 Å². The second kappa shape index (κ2) is 9.43. The maximum atomic E-state index is 12.6. The van der Waals surface area contributed by atoms with Crippen LogP contribution in [0, 0.1) is 0 Å². The highest BCUT2D eigenvalue weighted by molar-refractivity contribution is 7.18. The van der Waals surface area contributed by atoms with Gasteiger partial charge in [-0.25, -0.2) is 4.98 Å². The van der Waals surface area contributed by atoms with Gasteiger partial charge in [0.2, 0.25) is 5.91 Å². The zero-order valence-electron chi connectivity index (χ0n) is 17.0. The minimum atomic E-state index is -2.93. The summed E-state index contributed by atoms with van der Waals surface area (Å²) in [5.41, 5.74) is 1.69. The van der Waals surface area contributed by atoms with Crippen LogP contribution in [0.4, 0.5) is 8.78 Å². The van der Waals surface area contributed by atoms with Crippen LogP contribution in [0.25, 0.3) is 16.3 Å². The summed E-state index contributed by atoms with van der Waals surface area (Å²) < 4.78 is 35.6. The lowest BCUT2D eigenvalue weighted by atomic mass is 9.97. The van der Waals surface area contributed by atoms with E-state index in [0.29, 0.717) is 24.6 Å². The summed E-state index contributed by atoms with van der Waals surface area (Å²) in [6.45, 7) is -1.58. The van der Waals surface area contributed by atoms with Crippen LogP contribution < -0.4 is 9.47 Å². The molecule has 1 aliphatic rings. The molecule has 0 radical (unpaired) electrons. The minimum absolute atomic E-state index is 0.0436. The van der Waals surface area contributed by atoms with Crippen LogP contribution in [0.5, 0.6) is 11.5 Å². The van der Waals surface area contributed by atoms with Crippen molar-refractivity contribution in [1.82, 2.24) is 9.88 Å². The second-order valence-electron chi connectivity index (χ2n) is 7.24. The molecule has 0 aliphatic carbocycles. The maximum absolute atomic E-state index is 12.6. The molecular formula is C23H22F2N2O3S. The maximum Gasteiger partial charge on any atom is 0.387 e. The Labute approximate surface area is 182 Å². The number of benzene rings is 2. The lowest BCUT2D eigenvalue weighted by molar-refractivity contribution is -0.126. The molecule has 5 nitrogen and oxygen atoms in total. The van der Waals surface area contributed by atoms with E-state index in [1.807, 2.05) is 23.1 Å². The summed E-state index contributed by atoms with van der Waals surface area (Å²) in [5, 5.41) is 1.14. The van der Waals surface area contributed by atoms with Crippen molar-refractivity contribution in [2.45, 2.75) is 25.4 Å². The number of alkyl halides is 2. The van der Waals surface area contributed by atoms with Gasteiger partial charge in [-0.15, -0.1) is 11.3 Å². The van der Waals surface area contributed by atoms with Crippen molar-refractivity contribution in [3.63, 3.8) is 0 Å². The number of halogens is 2. The van der Waals surface area contributed by atoms with E-state index in [4.69, 9.17) is 9.72 Å². The number of rotatable bonds is 6. The van der Waals surface area contributed by atoms with Crippen molar-refractivity contribution >= 4 is 33.5 Å². The highest BCUT2D eigenvalue weighted by Crippen LogP contribution is 2.34. The van der Waals surface area contributed by atoms with Crippen LogP contribution in [-0.4, -0.2) is 42.6 Å². The second-order valence-corrected chi connectivity index (χ2v) is 8.30. The van der Waals surface area contributed by atoms with Crippen LogP contribution in [0.2, 0.25) is 0 Å². The Morgan fingerprint density at radius 2 is 1.97 bits per heavy atom. The number of hydrogen-bond acceptors (Lipinski definition) is 5. The zero-order chi connectivity index (χ0) is 21.8. The van der Waals surface area contributed by atoms with Crippen LogP contribution in [0.15, 0.2) is 48.5 Å². The predicted molar refractivity (Wildman–Crippen MR) is 117 cm³/mol. The fourth-order valence-electron chi connectivity index (χ4n) is 3.67. The Kier molecular flexibility index (Phi) is 6.46. The highest BCUT2D eigenvalue weighted by atomic mass is 32.1. The lowest BCUT2D eigenvalue weighted by Gasteiger charge is -2.30. The number of ether oxygens (including phenoxy) is 2. The number of fused-ring (bicyclic) bond motifs is 1. The number of nitrogens with zero attached hydrogens (tertiary/aromatic N) is 2. The number of hydrogen-bond donors (Lipinski definition) is 0. The van der Waals surface area contributed by atoms with Crippen LogP contribution in [-0.2, 0) is 4.79 Å². The average Bonchev–Trinajstić information content (AvgIpc) is 3.22. The van der Waals surface area contributed by atoms with E-state index in [-0.39, 0.29) is 17.4 Å². The predicted octanol–water partition coefficient (Wildman–Crippen LogP) is 5.33. The molecule has 1 aliphatic heterocycles. The Morgan fingerprint density at radius 1 is 1.19 bits per heavy atom. The van der Waals surface area contributed by atoms with Crippen LogP contribution in [0.1, 0.15) is 29.3 Å². The number of carbonyl (C=O) groups is 1. The van der Waals surface area contributed by atoms with Gasteiger partial charge in [0.1, 0.15) is 0 Å². The number of para-hydroxylation sites is 1. The standard InChI is InChI=1S/C23H22F2N2O3S/c1-29-19-14-15(6-8-18(19)30-23(24)25)7-9-21(28)27-12-10-16(11-13-27)22-26-17-4-2-3-5-20(17)31-22/h2-9,14,16,23H,10-13H2,1H3/b9-7+. The van der Waals surface area contributed by atoms with Crippen molar-refractivity contribution in [1.29, 1.82) is 0 Å². The highest BCUT2D eigenvalue weighted by Gasteiger charge is 2.25. The molecular weight excluding hydrogens is 422 g/mol. The zero-order valence-corrected chi connectivity index (χ0v) is 17.8. The molecule has 1 saturated heterocycles. The third-order valence-corrected chi connectivity index (χ3v) is 6.49. The molecule has 3 aromatic rings. The first-order valence-electron chi connectivity index (χ1n) is 9.99. The van der Waals surface area contributed by atoms with Crippen LogP contribution in [0.3, 0.4) is 0 Å². The van der Waals surface area contributed by atoms with Gasteiger partial charge in [-0.3, -0.25) is 4.79 Å². The number of thiazole rings is 1. The largest absolute Gasteiger partial charge is 0.493 e. The summed E-state index contributed by atoms with van der Waals surface area (Å²) in [6, 6.07) is 12.7. The van der Waals surface area contributed by atoms with Crippen molar-refractivity contribution in [2.75, 3.05) is 20.2 Å². The molecule has 0 spiro atoms. The molecule has 0 atom stereocenters. The van der Waals surface area contributed by atoms with Crippen molar-refractivity contribution in [3.05, 3.63) is 59.1 Å². The summed E-state index contributed by atoms with van der Waals surface area (Å²) in [7, 11) is 1.38. The molecule has 2 heterocycles. The van der Waals surface area contributed by atoms with Gasteiger partial charge in [0.25, 0.3) is 0 Å². The summed E-state index contributed by atoms with van der Waals surface area (Å²) >= 11 is 1.73.